The number of likely N-dealkylation sites (tertiary alicyclic amines) is 1. The SMILES string of the molecule is CC(C)=C1CC2CN(C(C)C)CC2C1. The normalized spacial score (nSPS) is 32.8. The average molecular weight is 193 g/mol. The molecule has 1 aliphatic heterocycles. The van der Waals surface area contributed by atoms with Crippen molar-refractivity contribution in [3.05, 3.63) is 11.1 Å². The van der Waals surface area contributed by atoms with E-state index in [0.717, 1.165) is 17.9 Å². The highest BCUT2D eigenvalue weighted by Crippen LogP contribution is 2.42. The van der Waals surface area contributed by atoms with Crippen molar-refractivity contribution >= 4 is 0 Å². The van der Waals surface area contributed by atoms with Crippen LogP contribution in [0.2, 0.25) is 0 Å². The van der Waals surface area contributed by atoms with E-state index in [-0.39, 0.29) is 0 Å². The number of allylic oxidation sites excluding steroid dienone is 2. The van der Waals surface area contributed by atoms with Crippen LogP contribution in [0.25, 0.3) is 0 Å². The molecule has 0 aromatic heterocycles. The molecule has 1 saturated carbocycles. The van der Waals surface area contributed by atoms with E-state index in [9.17, 15) is 0 Å². The van der Waals surface area contributed by atoms with Gasteiger partial charge in [0.2, 0.25) is 0 Å². The molecule has 2 rings (SSSR count). The Morgan fingerprint density at radius 2 is 1.64 bits per heavy atom. The molecule has 1 aliphatic carbocycles. The lowest BCUT2D eigenvalue weighted by molar-refractivity contribution is 0.258. The first-order valence-corrected chi connectivity index (χ1v) is 5.97. The second-order valence-electron chi connectivity index (χ2n) is 5.58. The van der Waals surface area contributed by atoms with Crippen LogP contribution in [0.4, 0.5) is 0 Å². The topological polar surface area (TPSA) is 3.24 Å². The molecule has 1 heterocycles. The summed E-state index contributed by atoms with van der Waals surface area (Å²) in [4.78, 5) is 2.65. The van der Waals surface area contributed by atoms with Crippen molar-refractivity contribution in [1.82, 2.24) is 4.90 Å². The highest BCUT2D eigenvalue weighted by Gasteiger charge is 2.38. The number of hydrogen-bond acceptors (Lipinski definition) is 1. The predicted molar refractivity (Wildman–Crippen MR) is 61.3 cm³/mol. The summed E-state index contributed by atoms with van der Waals surface area (Å²) in [6.07, 6.45) is 2.77. The van der Waals surface area contributed by atoms with Crippen LogP contribution in [0.5, 0.6) is 0 Å². The van der Waals surface area contributed by atoms with Gasteiger partial charge in [0.25, 0.3) is 0 Å². The van der Waals surface area contributed by atoms with Gasteiger partial charge in [0.15, 0.2) is 0 Å². The van der Waals surface area contributed by atoms with E-state index in [1.165, 1.54) is 25.9 Å². The molecule has 0 spiro atoms. The molecule has 2 atom stereocenters. The van der Waals surface area contributed by atoms with Crippen LogP contribution < -0.4 is 0 Å². The van der Waals surface area contributed by atoms with Crippen LogP contribution in [0.1, 0.15) is 40.5 Å². The smallest absolute Gasteiger partial charge is 0.00388 e. The van der Waals surface area contributed by atoms with Gasteiger partial charge in [-0.2, -0.15) is 0 Å². The number of fused-ring (bicyclic) bond motifs is 1. The molecule has 0 N–H and O–H groups in total. The van der Waals surface area contributed by atoms with Crippen LogP contribution in [0, 0.1) is 11.8 Å². The maximum absolute atomic E-state index is 2.65. The van der Waals surface area contributed by atoms with Crippen molar-refractivity contribution < 1.29 is 0 Å². The first-order chi connectivity index (χ1) is 6.58. The zero-order valence-corrected chi connectivity index (χ0v) is 10.0. The lowest BCUT2D eigenvalue weighted by atomic mass is 10.0. The van der Waals surface area contributed by atoms with Crippen LogP contribution >= 0.6 is 0 Å². The Kier molecular flexibility index (Phi) is 2.70. The predicted octanol–water partition coefficient (Wildman–Crippen LogP) is 3.07. The zero-order chi connectivity index (χ0) is 10.3. The summed E-state index contributed by atoms with van der Waals surface area (Å²) < 4.78 is 0. The van der Waals surface area contributed by atoms with Crippen LogP contribution in [-0.4, -0.2) is 24.0 Å². The fraction of sp³-hybridized carbons (Fsp3) is 0.846. The fourth-order valence-corrected chi connectivity index (χ4v) is 2.98. The monoisotopic (exact) mass is 193 g/mol. The van der Waals surface area contributed by atoms with Gasteiger partial charge in [-0.3, -0.25) is 0 Å². The summed E-state index contributed by atoms with van der Waals surface area (Å²) in [5.74, 6) is 1.95. The highest BCUT2D eigenvalue weighted by molar-refractivity contribution is 5.18. The quantitative estimate of drug-likeness (QED) is 0.578. The summed E-state index contributed by atoms with van der Waals surface area (Å²) in [7, 11) is 0. The van der Waals surface area contributed by atoms with Crippen LogP contribution in [0.3, 0.4) is 0 Å². The molecule has 80 valence electrons. The number of nitrogens with zero attached hydrogens (tertiary/aromatic N) is 1. The average Bonchev–Trinajstić information content (AvgIpc) is 2.57. The van der Waals surface area contributed by atoms with Gasteiger partial charge in [-0.05, 0) is 52.4 Å². The minimum atomic E-state index is 0.746. The Morgan fingerprint density at radius 1 is 1.14 bits per heavy atom. The van der Waals surface area contributed by atoms with Crippen molar-refractivity contribution in [2.75, 3.05) is 13.1 Å². The summed E-state index contributed by atoms with van der Waals surface area (Å²) in [5.41, 5.74) is 3.33. The maximum atomic E-state index is 2.65. The molecule has 2 unspecified atom stereocenters. The van der Waals surface area contributed by atoms with Crippen molar-refractivity contribution in [2.45, 2.75) is 46.6 Å². The molecule has 2 aliphatic rings. The van der Waals surface area contributed by atoms with Gasteiger partial charge in [-0.25, -0.2) is 0 Å². The highest BCUT2D eigenvalue weighted by atomic mass is 15.2. The Hall–Kier alpha value is -0.300. The van der Waals surface area contributed by atoms with Crippen molar-refractivity contribution in [3.63, 3.8) is 0 Å². The largest absolute Gasteiger partial charge is 0.300 e. The molecule has 0 aromatic carbocycles. The van der Waals surface area contributed by atoms with Crippen molar-refractivity contribution in [1.29, 1.82) is 0 Å². The van der Waals surface area contributed by atoms with Crippen molar-refractivity contribution in [2.24, 2.45) is 11.8 Å². The van der Waals surface area contributed by atoms with Gasteiger partial charge in [-0.15, -0.1) is 0 Å². The Bertz CT molecular complexity index is 232. The Balaban J connectivity index is 2.00. The third kappa shape index (κ3) is 1.75. The van der Waals surface area contributed by atoms with Gasteiger partial charge < -0.3 is 4.90 Å². The van der Waals surface area contributed by atoms with Gasteiger partial charge >= 0.3 is 0 Å². The summed E-state index contributed by atoms with van der Waals surface area (Å²) >= 11 is 0. The standard InChI is InChI=1S/C13H23N/c1-9(2)11-5-12-7-14(10(3)4)8-13(12)6-11/h10,12-13H,5-8H2,1-4H3. The summed E-state index contributed by atoms with van der Waals surface area (Å²) in [5, 5.41) is 0. The molecule has 1 nitrogen and oxygen atoms in total. The van der Waals surface area contributed by atoms with E-state index in [4.69, 9.17) is 0 Å². The molecule has 1 saturated heterocycles. The van der Waals surface area contributed by atoms with E-state index in [1.807, 2.05) is 0 Å². The number of hydrogen-bond donors (Lipinski definition) is 0. The van der Waals surface area contributed by atoms with E-state index < -0.39 is 0 Å². The molecule has 0 amide bonds. The van der Waals surface area contributed by atoms with Gasteiger partial charge in [-0.1, -0.05) is 11.1 Å². The molecule has 14 heavy (non-hydrogen) atoms. The first kappa shape index (κ1) is 10.2. The molecule has 0 bridgehead atoms. The Labute approximate surface area is 88.2 Å². The molecular formula is C13H23N. The second-order valence-corrected chi connectivity index (χ2v) is 5.58. The van der Waals surface area contributed by atoms with Crippen molar-refractivity contribution in [3.8, 4) is 0 Å². The van der Waals surface area contributed by atoms with Gasteiger partial charge in [0, 0.05) is 19.1 Å². The van der Waals surface area contributed by atoms with E-state index in [2.05, 4.69) is 32.6 Å². The summed E-state index contributed by atoms with van der Waals surface area (Å²) in [6, 6.07) is 0.746. The van der Waals surface area contributed by atoms with E-state index >= 15 is 0 Å². The van der Waals surface area contributed by atoms with Gasteiger partial charge in [0.05, 0.1) is 0 Å². The zero-order valence-electron chi connectivity index (χ0n) is 10.0. The van der Waals surface area contributed by atoms with Crippen LogP contribution in [0.15, 0.2) is 11.1 Å². The minimum absolute atomic E-state index is 0.746. The van der Waals surface area contributed by atoms with E-state index in [1.54, 1.807) is 11.1 Å². The lowest BCUT2D eigenvalue weighted by Gasteiger charge is -2.21. The van der Waals surface area contributed by atoms with Gasteiger partial charge in [0.1, 0.15) is 0 Å². The maximum Gasteiger partial charge on any atom is 0.00388 e. The van der Waals surface area contributed by atoms with E-state index in [0.29, 0.717) is 0 Å². The molecule has 0 aromatic rings. The lowest BCUT2D eigenvalue weighted by Crippen LogP contribution is -2.29. The number of rotatable bonds is 1. The van der Waals surface area contributed by atoms with Crippen LogP contribution in [-0.2, 0) is 0 Å². The molecular weight excluding hydrogens is 170 g/mol. The molecule has 1 heteroatoms. The third-order valence-electron chi connectivity index (χ3n) is 4.06. The molecule has 2 fully saturated rings. The molecule has 0 radical (unpaired) electrons. The third-order valence-corrected chi connectivity index (χ3v) is 4.06. The minimum Gasteiger partial charge on any atom is -0.300 e. The summed E-state index contributed by atoms with van der Waals surface area (Å²) in [6.45, 7) is 11.9. The Morgan fingerprint density at radius 3 is 2.00 bits per heavy atom. The first-order valence-electron chi connectivity index (χ1n) is 5.97. The second kappa shape index (κ2) is 3.69. The fourth-order valence-electron chi connectivity index (χ4n) is 2.98.